The van der Waals surface area contributed by atoms with Gasteiger partial charge in [0.2, 0.25) is 5.16 Å². The SMILES string of the molecule is Cc1cnc(S(=N)(=O)C(C)C)nc1-c1cn(C)c(=O)c2[nH]ccc12. The van der Waals surface area contributed by atoms with E-state index in [1.807, 2.05) is 13.0 Å². The summed E-state index contributed by atoms with van der Waals surface area (Å²) in [5.41, 5.74) is 2.48. The van der Waals surface area contributed by atoms with Gasteiger partial charge in [0.1, 0.15) is 15.2 Å². The number of aromatic nitrogens is 4. The molecule has 0 aromatic carbocycles. The van der Waals surface area contributed by atoms with Gasteiger partial charge in [0.05, 0.1) is 5.69 Å². The quantitative estimate of drug-likeness (QED) is 0.711. The highest BCUT2D eigenvalue weighted by Crippen LogP contribution is 2.28. The summed E-state index contributed by atoms with van der Waals surface area (Å²) in [6, 6.07) is 1.81. The molecule has 0 amide bonds. The van der Waals surface area contributed by atoms with E-state index in [1.165, 1.54) is 4.57 Å². The predicted octanol–water partition coefficient (Wildman–Crippen LogP) is 2.45. The van der Waals surface area contributed by atoms with Crippen molar-refractivity contribution in [3.05, 3.63) is 40.6 Å². The van der Waals surface area contributed by atoms with Crippen LogP contribution in [0.3, 0.4) is 0 Å². The summed E-state index contributed by atoms with van der Waals surface area (Å²) in [4.78, 5) is 23.7. The van der Waals surface area contributed by atoms with E-state index < -0.39 is 9.73 Å². The highest BCUT2D eigenvalue weighted by molar-refractivity contribution is 7.92. The summed E-state index contributed by atoms with van der Waals surface area (Å²) in [5, 5.41) is 0.378. The largest absolute Gasteiger partial charge is 0.357 e. The molecule has 3 rings (SSSR count). The van der Waals surface area contributed by atoms with Crippen LogP contribution < -0.4 is 5.56 Å². The normalized spacial score (nSPS) is 14.2. The van der Waals surface area contributed by atoms with Gasteiger partial charge in [0.25, 0.3) is 5.56 Å². The van der Waals surface area contributed by atoms with E-state index in [9.17, 15) is 9.00 Å². The van der Waals surface area contributed by atoms with Crippen LogP contribution in [0.5, 0.6) is 0 Å². The van der Waals surface area contributed by atoms with Crippen LogP contribution in [0, 0.1) is 11.7 Å². The van der Waals surface area contributed by atoms with Gasteiger partial charge in [-0.15, -0.1) is 0 Å². The molecule has 0 radical (unpaired) electrons. The molecular weight excluding hydrogens is 326 g/mol. The molecule has 0 saturated heterocycles. The maximum Gasteiger partial charge on any atom is 0.274 e. The number of hydrogen-bond donors (Lipinski definition) is 2. The summed E-state index contributed by atoms with van der Waals surface area (Å²) < 4.78 is 22.2. The van der Waals surface area contributed by atoms with Crippen LogP contribution in [-0.2, 0) is 16.8 Å². The Morgan fingerprint density at radius 1 is 1.38 bits per heavy atom. The van der Waals surface area contributed by atoms with Gasteiger partial charge in [-0.3, -0.25) is 4.79 Å². The van der Waals surface area contributed by atoms with E-state index in [-0.39, 0.29) is 16.0 Å². The summed E-state index contributed by atoms with van der Waals surface area (Å²) in [6.07, 6.45) is 4.99. The molecular formula is C16H19N5O2S. The fourth-order valence-corrected chi connectivity index (χ4v) is 3.37. The third kappa shape index (κ3) is 2.43. The third-order valence-corrected chi connectivity index (χ3v) is 6.10. The first-order valence-corrected chi connectivity index (χ1v) is 9.14. The van der Waals surface area contributed by atoms with Crippen LogP contribution in [0.25, 0.3) is 22.2 Å². The molecule has 2 N–H and O–H groups in total. The number of nitrogens with zero attached hydrogens (tertiary/aromatic N) is 3. The number of H-pyrrole nitrogens is 1. The summed E-state index contributed by atoms with van der Waals surface area (Å²) >= 11 is 0. The second kappa shape index (κ2) is 5.55. The summed E-state index contributed by atoms with van der Waals surface area (Å²) in [7, 11) is -1.41. The van der Waals surface area contributed by atoms with E-state index in [2.05, 4.69) is 15.0 Å². The second-order valence-corrected chi connectivity index (χ2v) is 8.57. The van der Waals surface area contributed by atoms with Crippen molar-refractivity contribution < 1.29 is 4.21 Å². The van der Waals surface area contributed by atoms with Crippen molar-refractivity contribution in [2.45, 2.75) is 31.2 Å². The zero-order valence-electron chi connectivity index (χ0n) is 14.0. The molecule has 3 heterocycles. The number of fused-ring (bicyclic) bond motifs is 1. The molecule has 0 fully saturated rings. The van der Waals surface area contributed by atoms with E-state index in [0.29, 0.717) is 11.2 Å². The van der Waals surface area contributed by atoms with Crippen LogP contribution in [0.15, 0.2) is 34.6 Å². The number of aromatic amines is 1. The van der Waals surface area contributed by atoms with Crippen molar-refractivity contribution >= 4 is 20.6 Å². The minimum atomic E-state index is -3.08. The molecule has 3 aromatic heterocycles. The smallest absolute Gasteiger partial charge is 0.274 e. The van der Waals surface area contributed by atoms with Gasteiger partial charge in [0.15, 0.2) is 0 Å². The molecule has 1 atom stereocenters. The van der Waals surface area contributed by atoms with Crippen molar-refractivity contribution in [2.24, 2.45) is 7.05 Å². The average Bonchev–Trinajstić information content (AvgIpc) is 3.01. The van der Waals surface area contributed by atoms with Gasteiger partial charge in [-0.05, 0) is 32.4 Å². The summed E-state index contributed by atoms with van der Waals surface area (Å²) in [6.45, 7) is 5.29. The fourth-order valence-electron chi connectivity index (χ4n) is 2.51. The average molecular weight is 345 g/mol. The Balaban J connectivity index is 2.34. The number of pyridine rings is 1. The third-order valence-electron chi connectivity index (χ3n) is 4.03. The number of nitrogens with one attached hydrogen (secondary N) is 2. The zero-order chi connectivity index (χ0) is 17.6. The van der Waals surface area contributed by atoms with Gasteiger partial charge >= 0.3 is 0 Å². The highest BCUT2D eigenvalue weighted by atomic mass is 32.2. The topological polar surface area (TPSA) is 104 Å². The van der Waals surface area contributed by atoms with E-state index >= 15 is 0 Å². The number of aryl methyl sites for hydroxylation is 2. The molecule has 1 unspecified atom stereocenters. The molecule has 0 aliphatic carbocycles. The van der Waals surface area contributed by atoms with E-state index in [0.717, 1.165) is 16.5 Å². The molecule has 0 aliphatic rings. The van der Waals surface area contributed by atoms with Crippen molar-refractivity contribution in [3.8, 4) is 11.3 Å². The number of hydrogen-bond acceptors (Lipinski definition) is 5. The minimum absolute atomic E-state index is 0.0237. The van der Waals surface area contributed by atoms with Crippen LogP contribution in [0.2, 0.25) is 0 Å². The molecule has 0 spiro atoms. The van der Waals surface area contributed by atoms with Crippen molar-refractivity contribution in [1.82, 2.24) is 19.5 Å². The Hall–Kier alpha value is -2.48. The van der Waals surface area contributed by atoms with Crippen molar-refractivity contribution in [3.63, 3.8) is 0 Å². The maximum absolute atomic E-state index is 12.6. The lowest BCUT2D eigenvalue weighted by Gasteiger charge is -2.13. The first-order chi connectivity index (χ1) is 11.2. The first kappa shape index (κ1) is 16.4. The standard InChI is InChI=1S/C16H19N5O2S/c1-9(2)24(17,23)16-19-7-10(3)13(20-16)12-8-21(4)15(22)14-11(12)5-6-18-14/h5-9,17-18H,1-4H3. The lowest BCUT2D eigenvalue weighted by Crippen LogP contribution is -2.18. The van der Waals surface area contributed by atoms with Crippen molar-refractivity contribution in [2.75, 3.05) is 0 Å². The monoisotopic (exact) mass is 345 g/mol. The Bertz CT molecular complexity index is 1090. The van der Waals surface area contributed by atoms with Gasteiger partial charge in [-0.25, -0.2) is 19.0 Å². The molecule has 126 valence electrons. The molecule has 0 saturated carbocycles. The number of rotatable bonds is 3. The van der Waals surface area contributed by atoms with E-state index in [1.54, 1.807) is 39.5 Å². The second-order valence-electron chi connectivity index (χ2n) is 6.06. The predicted molar refractivity (Wildman–Crippen MR) is 93.6 cm³/mol. The fraction of sp³-hybridized carbons (Fsp3) is 0.312. The zero-order valence-corrected chi connectivity index (χ0v) is 14.8. The Kier molecular flexibility index (Phi) is 3.79. The van der Waals surface area contributed by atoms with Gasteiger partial charge in [0, 0.05) is 41.8 Å². The van der Waals surface area contributed by atoms with Gasteiger partial charge in [-0.2, -0.15) is 0 Å². The Labute approximate surface area is 139 Å². The van der Waals surface area contributed by atoms with Crippen LogP contribution >= 0.6 is 0 Å². The molecule has 7 nitrogen and oxygen atoms in total. The van der Waals surface area contributed by atoms with Gasteiger partial charge < -0.3 is 9.55 Å². The first-order valence-electron chi connectivity index (χ1n) is 7.52. The molecule has 8 heteroatoms. The molecule has 0 aliphatic heterocycles. The van der Waals surface area contributed by atoms with Crippen LogP contribution in [0.1, 0.15) is 19.4 Å². The lowest BCUT2D eigenvalue weighted by molar-refractivity contribution is 0.658. The summed E-state index contributed by atoms with van der Waals surface area (Å²) in [5.74, 6) is 0. The highest BCUT2D eigenvalue weighted by Gasteiger charge is 2.21. The molecule has 24 heavy (non-hydrogen) atoms. The maximum atomic E-state index is 12.6. The molecule has 0 bridgehead atoms. The Morgan fingerprint density at radius 3 is 2.75 bits per heavy atom. The minimum Gasteiger partial charge on any atom is -0.357 e. The molecule has 3 aromatic rings. The van der Waals surface area contributed by atoms with Crippen molar-refractivity contribution in [1.29, 1.82) is 4.78 Å². The van der Waals surface area contributed by atoms with Gasteiger partial charge in [-0.1, -0.05) is 0 Å². The Morgan fingerprint density at radius 2 is 2.08 bits per heavy atom. The van der Waals surface area contributed by atoms with E-state index in [4.69, 9.17) is 4.78 Å². The van der Waals surface area contributed by atoms with Crippen LogP contribution in [-0.4, -0.2) is 29.0 Å². The van der Waals surface area contributed by atoms with Crippen LogP contribution in [0.4, 0.5) is 0 Å². The lowest BCUT2D eigenvalue weighted by atomic mass is 10.1.